The summed E-state index contributed by atoms with van der Waals surface area (Å²) in [5.74, 6) is -1.82. The monoisotopic (exact) mass is 373 g/mol. The number of hydrogen-bond acceptors (Lipinski definition) is 5. The lowest BCUT2D eigenvalue weighted by Gasteiger charge is -2.32. The third kappa shape index (κ3) is 3.74. The molecular formula is C15H18F3N5O3. The maximum absolute atomic E-state index is 12.4. The zero-order valence-corrected chi connectivity index (χ0v) is 14.3. The minimum absolute atomic E-state index is 0.0225. The Hall–Kier alpha value is -2.77. The SMILES string of the molecule is Cn1c(NCC2CCN(C(=O)C(F)(F)F)CC2)c(C#N)c(=O)n(C)c1=O. The fraction of sp³-hybridized carbons (Fsp3) is 0.600. The summed E-state index contributed by atoms with van der Waals surface area (Å²) in [7, 11) is 2.68. The summed E-state index contributed by atoms with van der Waals surface area (Å²) in [4.78, 5) is 35.9. The van der Waals surface area contributed by atoms with E-state index in [-0.39, 0.29) is 36.9 Å². The van der Waals surface area contributed by atoms with Crippen molar-refractivity contribution in [1.82, 2.24) is 14.0 Å². The van der Waals surface area contributed by atoms with E-state index in [9.17, 15) is 32.8 Å². The van der Waals surface area contributed by atoms with E-state index in [1.807, 2.05) is 0 Å². The Morgan fingerprint density at radius 1 is 1.23 bits per heavy atom. The molecule has 1 fully saturated rings. The number of hydrogen-bond donors (Lipinski definition) is 1. The van der Waals surface area contributed by atoms with Crippen LogP contribution in [0.4, 0.5) is 19.0 Å². The van der Waals surface area contributed by atoms with Gasteiger partial charge in [-0.05, 0) is 18.8 Å². The Labute approximate surface area is 146 Å². The molecule has 1 aliphatic rings. The van der Waals surface area contributed by atoms with Gasteiger partial charge in [-0.3, -0.25) is 18.7 Å². The molecule has 1 N–H and O–H groups in total. The second kappa shape index (κ2) is 7.23. The topological polar surface area (TPSA) is 100 Å². The second-order valence-corrected chi connectivity index (χ2v) is 6.16. The largest absolute Gasteiger partial charge is 0.471 e. The first-order valence-electron chi connectivity index (χ1n) is 7.88. The van der Waals surface area contributed by atoms with Crippen LogP contribution >= 0.6 is 0 Å². The highest BCUT2D eigenvalue weighted by Gasteiger charge is 2.43. The number of likely N-dealkylation sites (tertiary alicyclic amines) is 1. The van der Waals surface area contributed by atoms with Gasteiger partial charge in [0.25, 0.3) is 5.56 Å². The number of carbonyl (C=O) groups is 1. The maximum Gasteiger partial charge on any atom is 0.471 e. The van der Waals surface area contributed by atoms with Crippen LogP contribution in [-0.4, -0.2) is 45.8 Å². The third-order valence-corrected chi connectivity index (χ3v) is 4.48. The molecule has 1 aromatic heterocycles. The molecule has 0 aromatic carbocycles. The van der Waals surface area contributed by atoms with Crippen LogP contribution < -0.4 is 16.6 Å². The molecule has 0 atom stereocenters. The molecule has 2 rings (SSSR count). The Kier molecular flexibility index (Phi) is 5.44. The predicted molar refractivity (Wildman–Crippen MR) is 85.5 cm³/mol. The van der Waals surface area contributed by atoms with E-state index in [2.05, 4.69) is 5.32 Å². The number of nitrogens with zero attached hydrogens (tertiary/aromatic N) is 4. The van der Waals surface area contributed by atoms with Gasteiger partial charge in [-0.25, -0.2) is 4.79 Å². The Morgan fingerprint density at radius 2 is 1.81 bits per heavy atom. The molecule has 1 saturated heterocycles. The molecule has 26 heavy (non-hydrogen) atoms. The average molecular weight is 373 g/mol. The summed E-state index contributed by atoms with van der Waals surface area (Å²) in [6.45, 7) is 0.222. The van der Waals surface area contributed by atoms with Gasteiger partial charge in [-0.2, -0.15) is 18.4 Å². The summed E-state index contributed by atoms with van der Waals surface area (Å²) < 4.78 is 39.3. The highest BCUT2D eigenvalue weighted by atomic mass is 19.4. The van der Waals surface area contributed by atoms with E-state index in [4.69, 9.17) is 0 Å². The van der Waals surface area contributed by atoms with Crippen molar-refractivity contribution in [3.63, 3.8) is 0 Å². The number of rotatable bonds is 3. The van der Waals surface area contributed by atoms with Crippen molar-refractivity contribution in [2.24, 2.45) is 20.0 Å². The minimum Gasteiger partial charge on any atom is -0.370 e. The summed E-state index contributed by atoms with van der Waals surface area (Å²) in [6, 6.07) is 1.77. The van der Waals surface area contributed by atoms with E-state index >= 15 is 0 Å². The number of halogens is 3. The van der Waals surface area contributed by atoms with Crippen molar-refractivity contribution < 1.29 is 18.0 Å². The van der Waals surface area contributed by atoms with Gasteiger partial charge in [0, 0.05) is 33.7 Å². The molecule has 11 heteroatoms. The smallest absolute Gasteiger partial charge is 0.370 e. The summed E-state index contributed by atoms with van der Waals surface area (Å²) in [5.41, 5.74) is -1.52. The summed E-state index contributed by atoms with van der Waals surface area (Å²) in [5, 5.41) is 12.1. The molecule has 1 aromatic rings. The molecule has 8 nitrogen and oxygen atoms in total. The molecular weight excluding hydrogens is 355 g/mol. The van der Waals surface area contributed by atoms with Crippen molar-refractivity contribution in [2.75, 3.05) is 25.0 Å². The number of aromatic nitrogens is 2. The van der Waals surface area contributed by atoms with Crippen LogP contribution in [0.15, 0.2) is 9.59 Å². The highest BCUT2D eigenvalue weighted by molar-refractivity contribution is 5.81. The molecule has 0 saturated carbocycles. The van der Waals surface area contributed by atoms with Crippen molar-refractivity contribution in [3.05, 3.63) is 26.4 Å². The zero-order chi connectivity index (χ0) is 19.6. The molecule has 2 heterocycles. The molecule has 0 spiro atoms. The first kappa shape index (κ1) is 19.6. The molecule has 0 unspecified atom stereocenters. The normalized spacial score (nSPS) is 15.6. The van der Waals surface area contributed by atoms with Gasteiger partial charge < -0.3 is 10.2 Å². The maximum atomic E-state index is 12.4. The van der Waals surface area contributed by atoms with Crippen molar-refractivity contribution >= 4 is 11.7 Å². The molecule has 0 aliphatic carbocycles. The Morgan fingerprint density at radius 3 is 2.31 bits per heavy atom. The second-order valence-electron chi connectivity index (χ2n) is 6.16. The van der Waals surface area contributed by atoms with Crippen molar-refractivity contribution in [3.8, 4) is 6.07 Å². The number of nitrogens with one attached hydrogen (secondary N) is 1. The van der Waals surface area contributed by atoms with Gasteiger partial charge in [-0.1, -0.05) is 0 Å². The van der Waals surface area contributed by atoms with Crippen LogP contribution in [0.1, 0.15) is 18.4 Å². The molecule has 0 radical (unpaired) electrons. The number of amides is 1. The van der Waals surface area contributed by atoms with Crippen LogP contribution in [0, 0.1) is 17.2 Å². The Bertz CT molecular complexity index is 857. The van der Waals surface area contributed by atoms with E-state index in [0.717, 1.165) is 14.0 Å². The molecule has 1 amide bonds. The van der Waals surface area contributed by atoms with Gasteiger partial charge in [0.2, 0.25) is 0 Å². The van der Waals surface area contributed by atoms with Gasteiger partial charge in [-0.15, -0.1) is 0 Å². The fourth-order valence-electron chi connectivity index (χ4n) is 2.91. The van der Waals surface area contributed by atoms with E-state index < -0.39 is 23.3 Å². The van der Waals surface area contributed by atoms with Gasteiger partial charge in [0.05, 0.1) is 0 Å². The van der Waals surface area contributed by atoms with Crippen LogP contribution in [0.2, 0.25) is 0 Å². The van der Waals surface area contributed by atoms with Crippen LogP contribution in [0.3, 0.4) is 0 Å². The zero-order valence-electron chi connectivity index (χ0n) is 14.3. The molecule has 142 valence electrons. The van der Waals surface area contributed by atoms with Crippen molar-refractivity contribution in [1.29, 1.82) is 5.26 Å². The average Bonchev–Trinajstić information content (AvgIpc) is 2.61. The lowest BCUT2D eigenvalue weighted by Crippen LogP contribution is -2.46. The summed E-state index contributed by atoms with van der Waals surface area (Å²) in [6.07, 6.45) is -4.19. The first-order valence-corrected chi connectivity index (χ1v) is 7.88. The van der Waals surface area contributed by atoms with Gasteiger partial charge >= 0.3 is 17.8 Å². The van der Waals surface area contributed by atoms with Gasteiger partial charge in [0.1, 0.15) is 11.9 Å². The van der Waals surface area contributed by atoms with Crippen molar-refractivity contribution in [2.45, 2.75) is 19.0 Å². The molecule has 1 aliphatic heterocycles. The standard InChI is InChI=1S/C15H18F3N5O3/c1-21-11(10(7-19)12(24)22(2)14(21)26)20-8-9-3-5-23(6-4-9)13(25)15(16,17)18/h9,20H,3-6,8H2,1-2H3. The molecule has 0 bridgehead atoms. The lowest BCUT2D eigenvalue weighted by atomic mass is 9.96. The van der Waals surface area contributed by atoms with Gasteiger partial charge in [0.15, 0.2) is 5.56 Å². The fourth-order valence-corrected chi connectivity index (χ4v) is 2.91. The Balaban J connectivity index is 2.06. The number of piperidine rings is 1. The van der Waals surface area contributed by atoms with E-state index in [1.54, 1.807) is 6.07 Å². The first-order chi connectivity index (χ1) is 12.1. The minimum atomic E-state index is -4.88. The summed E-state index contributed by atoms with van der Waals surface area (Å²) >= 11 is 0. The number of nitriles is 1. The third-order valence-electron chi connectivity index (χ3n) is 4.48. The number of alkyl halides is 3. The van der Waals surface area contributed by atoms with Crippen LogP contribution in [-0.2, 0) is 18.9 Å². The van der Waals surface area contributed by atoms with Crippen LogP contribution in [0.25, 0.3) is 0 Å². The quantitative estimate of drug-likeness (QED) is 0.814. The van der Waals surface area contributed by atoms with Crippen LogP contribution in [0.5, 0.6) is 0 Å². The van der Waals surface area contributed by atoms with E-state index in [0.29, 0.717) is 12.8 Å². The number of carbonyl (C=O) groups excluding carboxylic acids is 1. The lowest BCUT2D eigenvalue weighted by molar-refractivity contribution is -0.186. The highest BCUT2D eigenvalue weighted by Crippen LogP contribution is 2.24. The number of anilines is 1. The predicted octanol–water partition coefficient (Wildman–Crippen LogP) is 0.168. The van der Waals surface area contributed by atoms with E-state index in [1.165, 1.54) is 14.1 Å².